The van der Waals surface area contributed by atoms with Crippen LogP contribution in [0.3, 0.4) is 0 Å². The first kappa shape index (κ1) is 15.8. The summed E-state index contributed by atoms with van der Waals surface area (Å²) in [5.41, 5.74) is 8.43. The number of nitrogens with zero attached hydrogens (tertiary/aromatic N) is 4. The van der Waals surface area contributed by atoms with Crippen LogP contribution >= 0.6 is 11.6 Å². The second kappa shape index (κ2) is 6.43. The molecule has 0 aromatic carbocycles. The summed E-state index contributed by atoms with van der Waals surface area (Å²) in [6.07, 6.45) is 0.774. The lowest BCUT2D eigenvalue weighted by Crippen LogP contribution is -2.58. The lowest BCUT2D eigenvalue weighted by Gasteiger charge is -2.40. The Morgan fingerprint density at radius 3 is 2.75 bits per heavy atom. The average molecular weight is 300 g/mol. The summed E-state index contributed by atoms with van der Waals surface area (Å²) in [7, 11) is 4.31. The van der Waals surface area contributed by atoms with E-state index in [1.807, 2.05) is 11.6 Å². The molecule has 1 aliphatic rings. The predicted molar refractivity (Wildman–Crippen MR) is 83.2 cm³/mol. The highest BCUT2D eigenvalue weighted by molar-refractivity contribution is 6.31. The number of rotatable bonds is 4. The zero-order valence-electron chi connectivity index (χ0n) is 12.9. The van der Waals surface area contributed by atoms with Crippen molar-refractivity contribution >= 4 is 11.6 Å². The van der Waals surface area contributed by atoms with E-state index in [-0.39, 0.29) is 6.04 Å². The van der Waals surface area contributed by atoms with E-state index in [0.29, 0.717) is 6.04 Å². The highest BCUT2D eigenvalue weighted by Gasteiger charge is 2.29. The number of halogens is 1. The molecule has 2 heterocycles. The van der Waals surface area contributed by atoms with Crippen LogP contribution in [0.1, 0.15) is 18.3 Å². The van der Waals surface area contributed by atoms with Gasteiger partial charge in [-0.15, -0.1) is 0 Å². The summed E-state index contributed by atoms with van der Waals surface area (Å²) in [5, 5.41) is 5.24. The van der Waals surface area contributed by atoms with E-state index in [4.69, 9.17) is 17.3 Å². The molecule has 1 fully saturated rings. The van der Waals surface area contributed by atoms with Crippen LogP contribution in [-0.4, -0.2) is 65.4 Å². The standard InChI is InChI=1S/C14H26ClN5/c1-5-20-12(14(15)10(2)17-20)8-11(16)13-9-18(3)6-7-19(13)4/h11,13H,5-9,16H2,1-4H3. The van der Waals surface area contributed by atoms with Crippen molar-refractivity contribution in [2.75, 3.05) is 33.7 Å². The topological polar surface area (TPSA) is 50.3 Å². The van der Waals surface area contributed by atoms with Crippen LogP contribution in [0.2, 0.25) is 5.02 Å². The SMILES string of the molecule is CCn1nc(C)c(Cl)c1CC(N)C1CN(C)CCN1C. The molecule has 0 spiro atoms. The maximum atomic E-state index is 6.47. The van der Waals surface area contributed by atoms with Gasteiger partial charge in [0.15, 0.2) is 0 Å². The van der Waals surface area contributed by atoms with Gasteiger partial charge in [-0.05, 0) is 27.9 Å². The molecule has 1 aliphatic heterocycles. The molecule has 0 bridgehead atoms. The molecule has 2 atom stereocenters. The fourth-order valence-corrected chi connectivity index (χ4v) is 3.14. The summed E-state index contributed by atoms with van der Waals surface area (Å²) in [5.74, 6) is 0. The van der Waals surface area contributed by atoms with E-state index in [1.54, 1.807) is 0 Å². The molecule has 0 radical (unpaired) electrons. The fraction of sp³-hybridized carbons (Fsp3) is 0.786. The molecule has 1 aromatic rings. The number of hydrogen-bond donors (Lipinski definition) is 1. The first-order valence-corrected chi connectivity index (χ1v) is 7.68. The van der Waals surface area contributed by atoms with Crippen molar-refractivity contribution in [2.45, 2.75) is 38.9 Å². The molecule has 2 unspecified atom stereocenters. The summed E-state index contributed by atoms with van der Waals surface area (Å²) in [4.78, 5) is 4.70. The van der Waals surface area contributed by atoms with Gasteiger partial charge in [-0.1, -0.05) is 11.6 Å². The summed E-state index contributed by atoms with van der Waals surface area (Å²) in [6.45, 7) is 8.04. The van der Waals surface area contributed by atoms with Gasteiger partial charge in [0, 0.05) is 44.7 Å². The summed E-state index contributed by atoms with van der Waals surface area (Å²) >= 11 is 6.38. The van der Waals surface area contributed by atoms with Crippen LogP contribution in [0.4, 0.5) is 0 Å². The number of nitrogens with two attached hydrogens (primary N) is 1. The minimum atomic E-state index is 0.0710. The van der Waals surface area contributed by atoms with Crippen molar-refractivity contribution in [2.24, 2.45) is 5.73 Å². The molecular formula is C14H26ClN5. The van der Waals surface area contributed by atoms with Crippen molar-refractivity contribution in [3.63, 3.8) is 0 Å². The van der Waals surface area contributed by atoms with Crippen molar-refractivity contribution in [3.8, 4) is 0 Å². The molecule has 1 aromatic heterocycles. The Hall–Kier alpha value is -0.620. The Morgan fingerprint density at radius 1 is 1.40 bits per heavy atom. The van der Waals surface area contributed by atoms with E-state index in [0.717, 1.165) is 49.0 Å². The lowest BCUT2D eigenvalue weighted by molar-refractivity contribution is 0.0969. The minimum absolute atomic E-state index is 0.0710. The van der Waals surface area contributed by atoms with Crippen molar-refractivity contribution in [1.29, 1.82) is 0 Å². The number of likely N-dealkylation sites (N-methyl/N-ethyl adjacent to an activating group) is 2. The largest absolute Gasteiger partial charge is 0.326 e. The molecule has 5 nitrogen and oxygen atoms in total. The van der Waals surface area contributed by atoms with Gasteiger partial charge in [0.25, 0.3) is 0 Å². The second-order valence-corrected chi connectivity index (χ2v) is 6.22. The Labute approximate surface area is 126 Å². The molecule has 20 heavy (non-hydrogen) atoms. The van der Waals surface area contributed by atoms with Gasteiger partial charge >= 0.3 is 0 Å². The van der Waals surface area contributed by atoms with E-state index < -0.39 is 0 Å². The third kappa shape index (κ3) is 3.17. The van der Waals surface area contributed by atoms with Crippen LogP contribution in [-0.2, 0) is 13.0 Å². The van der Waals surface area contributed by atoms with Crippen molar-refractivity contribution in [3.05, 3.63) is 16.4 Å². The van der Waals surface area contributed by atoms with Gasteiger partial charge in [0.05, 0.1) is 16.4 Å². The first-order valence-electron chi connectivity index (χ1n) is 7.30. The number of aryl methyl sites for hydroxylation is 2. The lowest BCUT2D eigenvalue weighted by atomic mass is 10.00. The van der Waals surface area contributed by atoms with Gasteiger partial charge in [-0.3, -0.25) is 9.58 Å². The smallest absolute Gasteiger partial charge is 0.0847 e. The van der Waals surface area contributed by atoms with E-state index >= 15 is 0 Å². The number of aromatic nitrogens is 2. The maximum Gasteiger partial charge on any atom is 0.0847 e. The Morgan fingerprint density at radius 2 is 2.10 bits per heavy atom. The average Bonchev–Trinajstić information content (AvgIpc) is 2.69. The van der Waals surface area contributed by atoms with Crippen LogP contribution in [0.25, 0.3) is 0 Å². The number of hydrogen-bond acceptors (Lipinski definition) is 4. The van der Waals surface area contributed by atoms with Gasteiger partial charge in [-0.25, -0.2) is 0 Å². The molecule has 0 saturated carbocycles. The van der Waals surface area contributed by atoms with Gasteiger partial charge in [0.1, 0.15) is 0 Å². The minimum Gasteiger partial charge on any atom is -0.326 e. The molecule has 2 rings (SSSR count). The fourth-order valence-electron chi connectivity index (χ4n) is 2.93. The second-order valence-electron chi connectivity index (χ2n) is 5.84. The monoisotopic (exact) mass is 299 g/mol. The zero-order valence-corrected chi connectivity index (χ0v) is 13.7. The van der Waals surface area contributed by atoms with Crippen molar-refractivity contribution < 1.29 is 0 Å². The third-order valence-electron chi connectivity index (χ3n) is 4.28. The molecule has 0 aliphatic carbocycles. The zero-order chi connectivity index (χ0) is 14.9. The van der Waals surface area contributed by atoms with Gasteiger partial charge in [-0.2, -0.15) is 5.10 Å². The van der Waals surface area contributed by atoms with Crippen LogP contribution in [0.5, 0.6) is 0 Å². The highest BCUT2D eigenvalue weighted by Crippen LogP contribution is 2.23. The van der Waals surface area contributed by atoms with E-state index in [1.165, 1.54) is 0 Å². The molecule has 6 heteroatoms. The van der Waals surface area contributed by atoms with Gasteiger partial charge in [0.2, 0.25) is 0 Å². The van der Waals surface area contributed by atoms with Crippen LogP contribution in [0, 0.1) is 6.92 Å². The molecule has 0 amide bonds. The Balaban J connectivity index is 2.12. The summed E-state index contributed by atoms with van der Waals surface area (Å²) in [6, 6.07) is 0.437. The normalized spacial score (nSPS) is 23.2. The maximum absolute atomic E-state index is 6.47. The van der Waals surface area contributed by atoms with E-state index in [2.05, 4.69) is 35.9 Å². The third-order valence-corrected chi connectivity index (χ3v) is 4.77. The summed E-state index contributed by atoms with van der Waals surface area (Å²) < 4.78 is 1.98. The molecule has 114 valence electrons. The quantitative estimate of drug-likeness (QED) is 0.900. The Kier molecular flexibility index (Phi) is 5.07. The first-order chi connectivity index (χ1) is 9.43. The van der Waals surface area contributed by atoms with E-state index in [9.17, 15) is 0 Å². The van der Waals surface area contributed by atoms with Crippen LogP contribution in [0.15, 0.2) is 0 Å². The molecular weight excluding hydrogens is 274 g/mol. The molecule has 2 N–H and O–H groups in total. The van der Waals surface area contributed by atoms with Gasteiger partial charge < -0.3 is 10.6 Å². The predicted octanol–water partition coefficient (Wildman–Crippen LogP) is 0.980. The number of piperazine rings is 1. The van der Waals surface area contributed by atoms with Crippen LogP contribution < -0.4 is 5.73 Å². The molecule has 1 saturated heterocycles. The highest BCUT2D eigenvalue weighted by atomic mass is 35.5. The van der Waals surface area contributed by atoms with Crippen molar-refractivity contribution in [1.82, 2.24) is 19.6 Å². The Bertz CT molecular complexity index is 459.